The van der Waals surface area contributed by atoms with Crippen molar-refractivity contribution in [2.24, 2.45) is 0 Å². The molecule has 0 atom stereocenters. The van der Waals surface area contributed by atoms with Crippen molar-refractivity contribution in [1.29, 1.82) is 0 Å². The van der Waals surface area contributed by atoms with E-state index in [4.69, 9.17) is 4.74 Å². The molecule has 0 amide bonds. The van der Waals surface area contributed by atoms with Gasteiger partial charge in [0.15, 0.2) is 0 Å². The number of sulfonamides is 2. The van der Waals surface area contributed by atoms with Crippen molar-refractivity contribution < 1.29 is 21.6 Å². The number of hydrogen-bond acceptors (Lipinski definition) is 5. The van der Waals surface area contributed by atoms with Crippen LogP contribution in [0.25, 0.3) is 0 Å². The first-order chi connectivity index (χ1) is 13.9. The Morgan fingerprint density at radius 3 is 2.03 bits per heavy atom. The minimum atomic E-state index is -3.72. The Balaban J connectivity index is 1.58. The van der Waals surface area contributed by atoms with Gasteiger partial charge in [0.2, 0.25) is 20.0 Å². The van der Waals surface area contributed by atoms with E-state index in [2.05, 4.69) is 0 Å². The van der Waals surface area contributed by atoms with E-state index in [0.717, 1.165) is 18.4 Å². The van der Waals surface area contributed by atoms with Crippen LogP contribution >= 0.6 is 0 Å². The van der Waals surface area contributed by atoms with Gasteiger partial charge in [-0.3, -0.25) is 0 Å². The first-order valence-electron chi connectivity index (χ1n) is 9.63. The summed E-state index contributed by atoms with van der Waals surface area (Å²) in [4.78, 5) is 0.209. The minimum absolute atomic E-state index is 0.00281. The average molecular weight is 437 g/mol. The summed E-state index contributed by atoms with van der Waals surface area (Å²) >= 11 is 0. The van der Waals surface area contributed by atoms with Gasteiger partial charge in [-0.15, -0.1) is 0 Å². The molecule has 0 unspecified atom stereocenters. The van der Waals surface area contributed by atoms with Gasteiger partial charge < -0.3 is 4.74 Å². The molecule has 7 nitrogen and oxygen atoms in total. The van der Waals surface area contributed by atoms with Crippen molar-refractivity contribution in [1.82, 2.24) is 8.61 Å². The normalized spacial score (nSPS) is 18.8. The third kappa shape index (κ3) is 4.39. The monoisotopic (exact) mass is 436 g/mol. The van der Waals surface area contributed by atoms with Gasteiger partial charge in [-0.05, 0) is 42.7 Å². The number of morpholine rings is 1. The first-order valence-corrected chi connectivity index (χ1v) is 12.5. The van der Waals surface area contributed by atoms with Crippen LogP contribution in [-0.2, 0) is 31.3 Å². The fourth-order valence-corrected chi connectivity index (χ4v) is 6.47. The molecular weight excluding hydrogens is 412 g/mol. The van der Waals surface area contributed by atoms with Crippen LogP contribution in [0.4, 0.5) is 0 Å². The minimum Gasteiger partial charge on any atom is -0.379 e. The first kappa shape index (κ1) is 20.5. The van der Waals surface area contributed by atoms with Gasteiger partial charge in [0, 0.05) is 25.7 Å². The molecule has 156 valence electrons. The predicted molar refractivity (Wildman–Crippen MR) is 108 cm³/mol. The average Bonchev–Trinajstić information content (AvgIpc) is 3.58. The van der Waals surface area contributed by atoms with E-state index in [1.54, 1.807) is 0 Å². The Bertz CT molecular complexity index is 1040. The Kier molecular flexibility index (Phi) is 5.76. The second-order valence-corrected chi connectivity index (χ2v) is 11.1. The highest BCUT2D eigenvalue weighted by Crippen LogP contribution is 2.34. The van der Waals surface area contributed by atoms with Crippen LogP contribution < -0.4 is 0 Å². The molecule has 1 saturated heterocycles. The number of ether oxygens (including phenoxy) is 1. The molecule has 2 aromatic carbocycles. The zero-order valence-electron chi connectivity index (χ0n) is 16.0. The summed E-state index contributed by atoms with van der Waals surface area (Å²) in [5.74, 6) is 0. The van der Waals surface area contributed by atoms with Crippen LogP contribution in [0.15, 0.2) is 64.4 Å². The molecule has 1 aliphatic heterocycles. The Hall–Kier alpha value is -1.78. The van der Waals surface area contributed by atoms with Crippen LogP contribution in [0.1, 0.15) is 18.4 Å². The van der Waals surface area contributed by atoms with Gasteiger partial charge in [-0.1, -0.05) is 30.3 Å². The molecule has 4 rings (SSSR count). The Morgan fingerprint density at radius 2 is 1.45 bits per heavy atom. The van der Waals surface area contributed by atoms with Crippen molar-refractivity contribution in [3.63, 3.8) is 0 Å². The summed E-state index contributed by atoms with van der Waals surface area (Å²) in [7, 11) is -7.37. The van der Waals surface area contributed by atoms with E-state index < -0.39 is 20.0 Å². The molecule has 1 saturated carbocycles. The molecule has 0 N–H and O–H groups in total. The summed E-state index contributed by atoms with van der Waals surface area (Å²) in [5.41, 5.74) is 0.925. The molecular formula is C20H24N2O5S2. The van der Waals surface area contributed by atoms with Crippen molar-refractivity contribution >= 4 is 20.0 Å². The van der Waals surface area contributed by atoms with E-state index in [-0.39, 0.29) is 15.8 Å². The van der Waals surface area contributed by atoms with Gasteiger partial charge in [-0.25, -0.2) is 16.8 Å². The Morgan fingerprint density at radius 1 is 0.862 bits per heavy atom. The van der Waals surface area contributed by atoms with Crippen LogP contribution in [-0.4, -0.2) is 57.8 Å². The lowest BCUT2D eigenvalue weighted by molar-refractivity contribution is 0.0730. The third-order valence-electron chi connectivity index (χ3n) is 5.17. The smallest absolute Gasteiger partial charge is 0.243 e. The summed E-state index contributed by atoms with van der Waals surface area (Å²) in [5, 5.41) is 0. The molecule has 0 spiro atoms. The number of rotatable bonds is 7. The van der Waals surface area contributed by atoms with Gasteiger partial charge in [0.05, 0.1) is 23.0 Å². The summed E-state index contributed by atoms with van der Waals surface area (Å²) < 4.78 is 60.1. The van der Waals surface area contributed by atoms with Crippen LogP contribution in [0.2, 0.25) is 0 Å². The lowest BCUT2D eigenvalue weighted by Crippen LogP contribution is -2.40. The second-order valence-electron chi connectivity index (χ2n) is 7.25. The van der Waals surface area contributed by atoms with E-state index in [1.165, 1.54) is 32.9 Å². The number of benzene rings is 2. The highest BCUT2D eigenvalue weighted by atomic mass is 32.2. The van der Waals surface area contributed by atoms with Crippen molar-refractivity contribution in [2.75, 3.05) is 26.3 Å². The standard InChI is InChI=1S/C20H24N2O5S2/c23-28(24,21-12-14-27-15-13-21)19-8-10-20(11-9-19)29(25,26)22(18-6-7-18)16-17-4-2-1-3-5-17/h1-5,8-11,18H,6-7,12-16H2. The maximum absolute atomic E-state index is 13.2. The quantitative estimate of drug-likeness (QED) is 0.663. The summed E-state index contributed by atoms with van der Waals surface area (Å²) in [6.45, 7) is 1.63. The van der Waals surface area contributed by atoms with Gasteiger partial charge in [0.1, 0.15) is 0 Å². The fourth-order valence-electron chi connectivity index (χ4n) is 3.39. The van der Waals surface area contributed by atoms with E-state index in [1.807, 2.05) is 30.3 Å². The SMILES string of the molecule is O=S(=O)(c1ccc(S(=O)(=O)N(Cc2ccccc2)C2CC2)cc1)N1CCOCC1. The molecule has 0 radical (unpaired) electrons. The maximum atomic E-state index is 13.2. The molecule has 1 aliphatic carbocycles. The largest absolute Gasteiger partial charge is 0.379 e. The highest BCUT2D eigenvalue weighted by Gasteiger charge is 2.38. The van der Waals surface area contributed by atoms with E-state index >= 15 is 0 Å². The van der Waals surface area contributed by atoms with Gasteiger partial charge in [-0.2, -0.15) is 8.61 Å². The number of hydrogen-bond donors (Lipinski definition) is 0. The summed E-state index contributed by atoms with van der Waals surface area (Å²) in [6, 6.07) is 15.0. The van der Waals surface area contributed by atoms with Crippen molar-refractivity contribution in [3.8, 4) is 0 Å². The van der Waals surface area contributed by atoms with Crippen LogP contribution in [0, 0.1) is 0 Å². The predicted octanol–water partition coefficient (Wildman–Crippen LogP) is 2.06. The summed E-state index contributed by atoms with van der Waals surface area (Å²) in [6.07, 6.45) is 1.69. The zero-order valence-corrected chi connectivity index (χ0v) is 17.6. The molecule has 2 aliphatic rings. The second kappa shape index (κ2) is 8.16. The topological polar surface area (TPSA) is 84.0 Å². The van der Waals surface area contributed by atoms with E-state index in [0.29, 0.717) is 32.8 Å². The zero-order chi connectivity index (χ0) is 20.5. The fraction of sp³-hybridized carbons (Fsp3) is 0.400. The highest BCUT2D eigenvalue weighted by molar-refractivity contribution is 7.89. The molecule has 29 heavy (non-hydrogen) atoms. The van der Waals surface area contributed by atoms with Crippen LogP contribution in [0.5, 0.6) is 0 Å². The van der Waals surface area contributed by atoms with Crippen molar-refractivity contribution in [3.05, 3.63) is 60.2 Å². The molecule has 9 heteroatoms. The van der Waals surface area contributed by atoms with Crippen molar-refractivity contribution in [2.45, 2.75) is 35.2 Å². The molecule has 0 bridgehead atoms. The van der Waals surface area contributed by atoms with Gasteiger partial charge in [0.25, 0.3) is 0 Å². The molecule has 0 aromatic heterocycles. The third-order valence-corrected chi connectivity index (χ3v) is 9.00. The van der Waals surface area contributed by atoms with Crippen LogP contribution in [0.3, 0.4) is 0 Å². The molecule has 2 fully saturated rings. The Labute approximate surface area is 172 Å². The van der Waals surface area contributed by atoms with Gasteiger partial charge >= 0.3 is 0 Å². The number of nitrogens with zero attached hydrogens (tertiary/aromatic N) is 2. The maximum Gasteiger partial charge on any atom is 0.243 e. The lowest BCUT2D eigenvalue weighted by atomic mass is 10.2. The molecule has 2 aromatic rings. The molecule has 1 heterocycles. The lowest BCUT2D eigenvalue weighted by Gasteiger charge is -2.26. The van der Waals surface area contributed by atoms with E-state index in [9.17, 15) is 16.8 Å².